The standard InChI is InChI=1S/C9H12N2O2S/c1-6-5-8(13)11-9(10-6)14-4-3-7(2)12/h5H,3-4H2,1-2H3,(H,10,11,13). The van der Waals surface area contributed by atoms with E-state index < -0.39 is 0 Å². The van der Waals surface area contributed by atoms with Crippen LogP contribution < -0.4 is 5.56 Å². The molecule has 1 heterocycles. The Balaban J connectivity index is 2.59. The summed E-state index contributed by atoms with van der Waals surface area (Å²) in [5.41, 5.74) is 0.543. The molecule has 0 aliphatic heterocycles. The maximum atomic E-state index is 11.0. The molecular weight excluding hydrogens is 200 g/mol. The summed E-state index contributed by atoms with van der Waals surface area (Å²) >= 11 is 1.39. The molecule has 0 saturated heterocycles. The zero-order valence-corrected chi connectivity index (χ0v) is 8.98. The highest BCUT2D eigenvalue weighted by Crippen LogP contribution is 2.12. The van der Waals surface area contributed by atoms with E-state index in [-0.39, 0.29) is 11.3 Å². The number of aryl methyl sites for hydroxylation is 1. The van der Waals surface area contributed by atoms with Crippen LogP contribution in [0.15, 0.2) is 16.0 Å². The minimum atomic E-state index is -0.150. The molecule has 5 heteroatoms. The van der Waals surface area contributed by atoms with Gasteiger partial charge in [0, 0.05) is 23.9 Å². The lowest BCUT2D eigenvalue weighted by Crippen LogP contribution is -2.08. The van der Waals surface area contributed by atoms with Gasteiger partial charge in [0.2, 0.25) is 0 Å². The lowest BCUT2D eigenvalue weighted by atomic mass is 10.4. The zero-order chi connectivity index (χ0) is 10.6. The van der Waals surface area contributed by atoms with E-state index in [2.05, 4.69) is 9.97 Å². The van der Waals surface area contributed by atoms with Gasteiger partial charge in [-0.2, -0.15) is 0 Å². The lowest BCUT2D eigenvalue weighted by molar-refractivity contribution is -0.116. The number of carbonyl (C=O) groups is 1. The third kappa shape index (κ3) is 3.74. The van der Waals surface area contributed by atoms with Crippen molar-refractivity contribution < 1.29 is 4.79 Å². The number of aromatic nitrogens is 2. The number of aromatic amines is 1. The second kappa shape index (κ2) is 4.95. The molecule has 0 unspecified atom stereocenters. The van der Waals surface area contributed by atoms with Crippen LogP contribution in [0.5, 0.6) is 0 Å². The van der Waals surface area contributed by atoms with Gasteiger partial charge >= 0.3 is 0 Å². The van der Waals surface area contributed by atoms with Crippen LogP contribution in [0.4, 0.5) is 0 Å². The summed E-state index contributed by atoms with van der Waals surface area (Å²) in [7, 11) is 0. The molecule has 0 atom stereocenters. The van der Waals surface area contributed by atoms with E-state index in [1.165, 1.54) is 17.8 Å². The predicted molar refractivity (Wildman–Crippen MR) is 55.6 cm³/mol. The van der Waals surface area contributed by atoms with Gasteiger partial charge in [0.25, 0.3) is 5.56 Å². The van der Waals surface area contributed by atoms with Crippen molar-refractivity contribution in [3.8, 4) is 0 Å². The first-order valence-corrected chi connectivity index (χ1v) is 5.26. The highest BCUT2D eigenvalue weighted by atomic mass is 32.2. The first-order chi connectivity index (χ1) is 6.58. The first-order valence-electron chi connectivity index (χ1n) is 4.28. The molecule has 0 bridgehead atoms. The van der Waals surface area contributed by atoms with Crippen LogP contribution in [0, 0.1) is 6.92 Å². The Hall–Kier alpha value is -1.10. The molecule has 0 aromatic carbocycles. The van der Waals surface area contributed by atoms with E-state index in [1.54, 1.807) is 13.8 Å². The van der Waals surface area contributed by atoms with Crippen LogP contribution in [-0.4, -0.2) is 21.5 Å². The quantitative estimate of drug-likeness (QED) is 0.600. The Bertz CT molecular complexity index is 387. The summed E-state index contributed by atoms with van der Waals surface area (Å²) in [6.07, 6.45) is 0.502. The van der Waals surface area contributed by atoms with Gasteiger partial charge in [0.15, 0.2) is 5.16 Å². The SMILES string of the molecule is CC(=O)CCSc1nc(C)cc(=O)[nH]1. The molecule has 0 aliphatic rings. The molecule has 0 amide bonds. The summed E-state index contributed by atoms with van der Waals surface area (Å²) in [4.78, 5) is 28.4. The molecule has 76 valence electrons. The third-order valence-corrected chi connectivity index (χ3v) is 2.42. The Morgan fingerprint density at radius 2 is 2.36 bits per heavy atom. The van der Waals surface area contributed by atoms with Crippen LogP contribution in [0.2, 0.25) is 0 Å². The Morgan fingerprint density at radius 1 is 1.64 bits per heavy atom. The summed E-state index contributed by atoms with van der Waals surface area (Å²) in [5.74, 6) is 0.800. The van der Waals surface area contributed by atoms with Crippen LogP contribution in [0.1, 0.15) is 19.0 Å². The van der Waals surface area contributed by atoms with Crippen molar-refractivity contribution in [3.05, 3.63) is 22.1 Å². The van der Waals surface area contributed by atoms with Crippen molar-refractivity contribution in [2.75, 3.05) is 5.75 Å². The van der Waals surface area contributed by atoms with Gasteiger partial charge in [-0.05, 0) is 13.8 Å². The normalized spacial score (nSPS) is 10.1. The molecule has 1 aromatic heterocycles. The maximum Gasteiger partial charge on any atom is 0.251 e. The molecule has 0 radical (unpaired) electrons. The van der Waals surface area contributed by atoms with Crippen LogP contribution >= 0.6 is 11.8 Å². The number of ketones is 1. The molecule has 4 nitrogen and oxygen atoms in total. The maximum absolute atomic E-state index is 11.0. The fourth-order valence-corrected chi connectivity index (χ4v) is 1.88. The summed E-state index contributed by atoms with van der Waals surface area (Å²) in [5, 5.41) is 0.580. The van der Waals surface area contributed by atoms with Gasteiger partial charge in [0.05, 0.1) is 0 Å². The highest BCUT2D eigenvalue weighted by molar-refractivity contribution is 7.99. The topological polar surface area (TPSA) is 62.8 Å². The second-order valence-corrected chi connectivity index (χ2v) is 4.08. The summed E-state index contributed by atoms with van der Waals surface area (Å²) in [6.45, 7) is 3.32. The van der Waals surface area contributed by atoms with Crippen molar-refractivity contribution in [1.29, 1.82) is 0 Å². The van der Waals surface area contributed by atoms with Gasteiger partial charge in [-0.1, -0.05) is 11.8 Å². The van der Waals surface area contributed by atoms with E-state index >= 15 is 0 Å². The van der Waals surface area contributed by atoms with Gasteiger partial charge < -0.3 is 4.98 Å². The average molecular weight is 212 g/mol. The Labute approximate surface area is 86.1 Å². The van der Waals surface area contributed by atoms with E-state index in [4.69, 9.17) is 0 Å². The number of Topliss-reactive ketones (excluding diaryl/α,β-unsaturated/α-hetero) is 1. The minimum absolute atomic E-state index is 0.146. The Morgan fingerprint density at radius 3 is 2.93 bits per heavy atom. The molecule has 1 rings (SSSR count). The fraction of sp³-hybridized carbons (Fsp3) is 0.444. The van der Waals surface area contributed by atoms with Crippen molar-refractivity contribution in [1.82, 2.24) is 9.97 Å². The number of carbonyl (C=O) groups excluding carboxylic acids is 1. The Kier molecular flexibility index (Phi) is 3.88. The van der Waals surface area contributed by atoms with Crippen molar-refractivity contribution in [2.24, 2.45) is 0 Å². The highest BCUT2D eigenvalue weighted by Gasteiger charge is 2.00. The van der Waals surface area contributed by atoms with E-state index in [1.807, 2.05) is 0 Å². The molecule has 1 N–H and O–H groups in total. The molecule has 0 saturated carbocycles. The van der Waals surface area contributed by atoms with Crippen molar-refractivity contribution in [3.63, 3.8) is 0 Å². The molecule has 0 spiro atoms. The second-order valence-electron chi connectivity index (χ2n) is 2.99. The van der Waals surface area contributed by atoms with Crippen LogP contribution in [-0.2, 0) is 4.79 Å². The number of hydrogen-bond acceptors (Lipinski definition) is 4. The average Bonchev–Trinajstić information content (AvgIpc) is 2.01. The van der Waals surface area contributed by atoms with Gasteiger partial charge in [0.1, 0.15) is 5.78 Å². The summed E-state index contributed by atoms with van der Waals surface area (Å²) in [6, 6.07) is 1.44. The fourth-order valence-electron chi connectivity index (χ4n) is 0.911. The van der Waals surface area contributed by atoms with E-state index in [0.29, 0.717) is 23.0 Å². The molecule has 0 aliphatic carbocycles. The van der Waals surface area contributed by atoms with E-state index in [0.717, 1.165) is 0 Å². The van der Waals surface area contributed by atoms with Crippen LogP contribution in [0.25, 0.3) is 0 Å². The number of hydrogen-bond donors (Lipinski definition) is 1. The van der Waals surface area contributed by atoms with E-state index in [9.17, 15) is 9.59 Å². The van der Waals surface area contributed by atoms with Crippen molar-refractivity contribution >= 4 is 17.5 Å². The molecular formula is C9H12N2O2S. The number of thioether (sulfide) groups is 1. The lowest BCUT2D eigenvalue weighted by Gasteiger charge is -1.99. The number of nitrogens with one attached hydrogen (secondary N) is 1. The zero-order valence-electron chi connectivity index (χ0n) is 8.16. The third-order valence-electron chi connectivity index (χ3n) is 1.54. The number of rotatable bonds is 4. The smallest absolute Gasteiger partial charge is 0.251 e. The monoisotopic (exact) mass is 212 g/mol. The predicted octanol–water partition coefficient (Wildman–Crippen LogP) is 1.15. The largest absolute Gasteiger partial charge is 0.301 e. The van der Waals surface area contributed by atoms with Crippen molar-refractivity contribution in [2.45, 2.75) is 25.4 Å². The summed E-state index contributed by atoms with van der Waals surface area (Å²) < 4.78 is 0. The van der Waals surface area contributed by atoms with Crippen LogP contribution in [0.3, 0.4) is 0 Å². The number of H-pyrrole nitrogens is 1. The minimum Gasteiger partial charge on any atom is -0.301 e. The molecule has 14 heavy (non-hydrogen) atoms. The molecule has 0 fully saturated rings. The van der Waals surface area contributed by atoms with Gasteiger partial charge in [-0.25, -0.2) is 4.98 Å². The molecule has 1 aromatic rings. The number of nitrogens with zero attached hydrogens (tertiary/aromatic N) is 1. The van der Waals surface area contributed by atoms with Gasteiger partial charge in [-0.15, -0.1) is 0 Å². The first kappa shape index (κ1) is 11.0. The van der Waals surface area contributed by atoms with Gasteiger partial charge in [-0.3, -0.25) is 9.59 Å².